The molecule has 126 valence electrons. The number of hydrogen-bond acceptors (Lipinski definition) is 4. The average molecular weight is 327 g/mol. The zero-order valence-electron chi connectivity index (χ0n) is 14.0. The fraction of sp³-hybridized carbons (Fsp3) is 0.263. The van der Waals surface area contributed by atoms with E-state index in [0.29, 0.717) is 23.6 Å². The molecule has 1 atom stereocenters. The Bertz CT molecular complexity index is 710. The highest BCUT2D eigenvalue weighted by Crippen LogP contribution is 2.14. The number of nitrogens with one attached hydrogen (secondary N) is 1. The maximum Gasteiger partial charge on any atom is 0.338 e. The first-order valence-electron chi connectivity index (χ1n) is 7.81. The van der Waals surface area contributed by atoms with E-state index in [9.17, 15) is 9.59 Å². The summed E-state index contributed by atoms with van der Waals surface area (Å²) in [6, 6.07) is 14.0. The number of hydrogen-bond donors (Lipinski definition) is 1. The number of anilines is 1. The largest absolute Gasteiger partial charge is 0.494 e. The van der Waals surface area contributed by atoms with Crippen molar-refractivity contribution in [2.24, 2.45) is 0 Å². The molecule has 1 N–H and O–H groups in total. The molecule has 0 saturated carbocycles. The lowest BCUT2D eigenvalue weighted by Gasteiger charge is -2.14. The third kappa shape index (κ3) is 4.84. The monoisotopic (exact) mass is 327 g/mol. The number of amides is 1. The van der Waals surface area contributed by atoms with Crippen LogP contribution in [0.15, 0.2) is 48.5 Å². The first kappa shape index (κ1) is 17.5. The molecule has 0 spiro atoms. The zero-order chi connectivity index (χ0) is 17.5. The fourth-order valence-corrected chi connectivity index (χ4v) is 2.10. The van der Waals surface area contributed by atoms with Crippen LogP contribution in [0.25, 0.3) is 0 Å². The van der Waals surface area contributed by atoms with Crippen LogP contribution in [0.1, 0.15) is 29.8 Å². The summed E-state index contributed by atoms with van der Waals surface area (Å²) in [5.41, 5.74) is 2.07. The molecule has 0 aliphatic rings. The van der Waals surface area contributed by atoms with Gasteiger partial charge in [-0.1, -0.05) is 12.1 Å². The fourth-order valence-electron chi connectivity index (χ4n) is 2.10. The quantitative estimate of drug-likeness (QED) is 0.824. The van der Waals surface area contributed by atoms with Gasteiger partial charge in [0, 0.05) is 5.69 Å². The molecule has 0 aliphatic carbocycles. The van der Waals surface area contributed by atoms with Crippen molar-refractivity contribution in [3.8, 4) is 5.75 Å². The molecule has 2 rings (SSSR count). The second-order valence-corrected chi connectivity index (χ2v) is 5.36. The van der Waals surface area contributed by atoms with Gasteiger partial charge in [-0.05, 0) is 62.7 Å². The molecule has 0 unspecified atom stereocenters. The number of rotatable bonds is 6. The van der Waals surface area contributed by atoms with Crippen LogP contribution in [0.5, 0.6) is 5.75 Å². The zero-order valence-corrected chi connectivity index (χ0v) is 14.0. The third-order valence-corrected chi connectivity index (χ3v) is 3.34. The minimum atomic E-state index is -0.899. The summed E-state index contributed by atoms with van der Waals surface area (Å²) in [7, 11) is 0. The smallest absolute Gasteiger partial charge is 0.338 e. The number of ether oxygens (including phenoxy) is 2. The molecule has 1 amide bonds. The molecule has 0 heterocycles. The summed E-state index contributed by atoms with van der Waals surface area (Å²) in [4.78, 5) is 24.2. The van der Waals surface area contributed by atoms with Crippen molar-refractivity contribution in [2.45, 2.75) is 26.9 Å². The van der Waals surface area contributed by atoms with E-state index in [0.717, 1.165) is 5.56 Å². The van der Waals surface area contributed by atoms with E-state index in [-0.39, 0.29) is 5.91 Å². The van der Waals surface area contributed by atoms with Crippen molar-refractivity contribution in [2.75, 3.05) is 11.9 Å². The van der Waals surface area contributed by atoms with Crippen LogP contribution in [-0.4, -0.2) is 24.6 Å². The minimum absolute atomic E-state index is 0.369. The van der Waals surface area contributed by atoms with Crippen molar-refractivity contribution in [1.29, 1.82) is 0 Å². The van der Waals surface area contributed by atoms with E-state index >= 15 is 0 Å². The van der Waals surface area contributed by atoms with Crippen molar-refractivity contribution < 1.29 is 19.1 Å². The molecule has 5 nitrogen and oxygen atoms in total. The van der Waals surface area contributed by atoms with Crippen LogP contribution < -0.4 is 10.1 Å². The molecule has 0 aliphatic heterocycles. The molecule has 2 aromatic rings. The SMILES string of the molecule is CCOc1ccc(C(=O)O[C@@H](C)C(=O)Nc2cccc(C)c2)cc1. The lowest BCUT2D eigenvalue weighted by molar-refractivity contribution is -0.123. The van der Waals surface area contributed by atoms with Crippen LogP contribution >= 0.6 is 0 Å². The van der Waals surface area contributed by atoms with Gasteiger partial charge in [-0.2, -0.15) is 0 Å². The maximum absolute atomic E-state index is 12.1. The highest BCUT2D eigenvalue weighted by atomic mass is 16.5. The summed E-state index contributed by atoms with van der Waals surface area (Å²) in [6.45, 7) is 5.92. The van der Waals surface area contributed by atoms with Gasteiger partial charge >= 0.3 is 5.97 Å². The molecule has 0 radical (unpaired) electrons. The lowest BCUT2D eigenvalue weighted by atomic mass is 10.2. The van der Waals surface area contributed by atoms with Crippen LogP contribution in [0.4, 0.5) is 5.69 Å². The Balaban J connectivity index is 1.93. The summed E-state index contributed by atoms with van der Waals surface area (Å²) < 4.78 is 10.5. The molecule has 0 saturated heterocycles. The van der Waals surface area contributed by atoms with E-state index in [1.165, 1.54) is 6.92 Å². The molecule has 2 aromatic carbocycles. The second-order valence-electron chi connectivity index (χ2n) is 5.36. The van der Waals surface area contributed by atoms with Gasteiger partial charge in [0.1, 0.15) is 5.75 Å². The standard InChI is InChI=1S/C19H21NO4/c1-4-23-17-10-8-15(9-11-17)19(22)24-14(3)18(21)20-16-7-5-6-13(2)12-16/h5-12,14H,4H2,1-3H3,(H,20,21)/t14-/m0/s1. The van der Waals surface area contributed by atoms with Crippen molar-refractivity contribution in [3.63, 3.8) is 0 Å². The van der Waals surface area contributed by atoms with Crippen molar-refractivity contribution >= 4 is 17.6 Å². The van der Waals surface area contributed by atoms with Gasteiger partial charge < -0.3 is 14.8 Å². The molecule has 24 heavy (non-hydrogen) atoms. The van der Waals surface area contributed by atoms with Gasteiger partial charge in [0.05, 0.1) is 12.2 Å². The van der Waals surface area contributed by atoms with E-state index in [1.54, 1.807) is 30.3 Å². The van der Waals surface area contributed by atoms with Gasteiger partial charge in [0.2, 0.25) is 0 Å². The Morgan fingerprint density at radius 1 is 1.12 bits per heavy atom. The van der Waals surface area contributed by atoms with E-state index in [1.807, 2.05) is 32.0 Å². The number of benzene rings is 2. The van der Waals surface area contributed by atoms with E-state index in [4.69, 9.17) is 9.47 Å². The predicted octanol–water partition coefficient (Wildman–Crippen LogP) is 3.58. The van der Waals surface area contributed by atoms with Gasteiger partial charge in [-0.15, -0.1) is 0 Å². The van der Waals surface area contributed by atoms with Crippen LogP contribution in [0.2, 0.25) is 0 Å². The summed E-state index contributed by atoms with van der Waals surface area (Å²) in [5, 5.41) is 2.73. The van der Waals surface area contributed by atoms with Crippen LogP contribution in [0.3, 0.4) is 0 Å². The average Bonchev–Trinajstić information content (AvgIpc) is 2.55. The topological polar surface area (TPSA) is 64.6 Å². The molecule has 0 aromatic heterocycles. The molecular weight excluding hydrogens is 306 g/mol. The number of carbonyl (C=O) groups is 2. The second kappa shape index (κ2) is 8.15. The molecular formula is C19H21NO4. The summed E-state index contributed by atoms with van der Waals surface area (Å²) >= 11 is 0. The van der Waals surface area contributed by atoms with E-state index < -0.39 is 12.1 Å². The summed E-state index contributed by atoms with van der Waals surface area (Å²) in [5.74, 6) is -0.246. The first-order valence-corrected chi connectivity index (χ1v) is 7.81. The number of esters is 1. The Labute approximate surface area is 141 Å². The van der Waals surface area contributed by atoms with Gasteiger partial charge in [0.25, 0.3) is 5.91 Å². The van der Waals surface area contributed by atoms with Crippen LogP contribution in [-0.2, 0) is 9.53 Å². The Kier molecular flexibility index (Phi) is 5.95. The van der Waals surface area contributed by atoms with Crippen molar-refractivity contribution in [3.05, 3.63) is 59.7 Å². The highest BCUT2D eigenvalue weighted by Gasteiger charge is 2.19. The van der Waals surface area contributed by atoms with E-state index in [2.05, 4.69) is 5.32 Å². The Morgan fingerprint density at radius 3 is 2.46 bits per heavy atom. The molecule has 5 heteroatoms. The third-order valence-electron chi connectivity index (χ3n) is 3.34. The lowest BCUT2D eigenvalue weighted by Crippen LogP contribution is -2.30. The minimum Gasteiger partial charge on any atom is -0.494 e. The Hall–Kier alpha value is -2.82. The maximum atomic E-state index is 12.1. The molecule has 0 bridgehead atoms. The van der Waals surface area contributed by atoms with Crippen molar-refractivity contribution in [1.82, 2.24) is 0 Å². The van der Waals surface area contributed by atoms with Gasteiger partial charge in [-0.3, -0.25) is 4.79 Å². The Morgan fingerprint density at radius 2 is 1.83 bits per heavy atom. The van der Waals surface area contributed by atoms with Gasteiger partial charge in [0.15, 0.2) is 6.10 Å². The normalized spacial score (nSPS) is 11.5. The van der Waals surface area contributed by atoms with Crippen LogP contribution in [0, 0.1) is 6.92 Å². The summed E-state index contributed by atoms with van der Waals surface area (Å²) in [6.07, 6.45) is -0.899. The first-order chi connectivity index (χ1) is 11.5. The number of aryl methyl sites for hydroxylation is 1. The van der Waals surface area contributed by atoms with Gasteiger partial charge in [-0.25, -0.2) is 4.79 Å². The highest BCUT2D eigenvalue weighted by molar-refractivity contribution is 5.97. The molecule has 0 fully saturated rings. The number of carbonyl (C=O) groups excluding carboxylic acids is 2. The predicted molar refractivity (Wildman–Crippen MR) is 92.3 cm³/mol.